The molecule has 26 heavy (non-hydrogen) atoms. The van der Waals surface area contributed by atoms with Crippen LogP contribution < -0.4 is 0 Å². The molecule has 0 saturated heterocycles. The summed E-state index contributed by atoms with van der Waals surface area (Å²) in [5, 5.41) is 11.2. The lowest BCUT2D eigenvalue weighted by atomic mass is 9.97. The fourth-order valence-electron chi connectivity index (χ4n) is 2.65. The van der Waals surface area contributed by atoms with Gasteiger partial charge in [0.05, 0.1) is 22.4 Å². The van der Waals surface area contributed by atoms with Crippen molar-refractivity contribution in [1.29, 1.82) is 0 Å². The summed E-state index contributed by atoms with van der Waals surface area (Å²) in [6, 6.07) is 4.02. The average molecular weight is 388 g/mol. The maximum absolute atomic E-state index is 12.8. The van der Waals surface area contributed by atoms with Crippen molar-refractivity contribution in [1.82, 2.24) is 15.2 Å². The van der Waals surface area contributed by atoms with Crippen LogP contribution in [0.3, 0.4) is 0 Å². The quantitative estimate of drug-likeness (QED) is 0.450. The van der Waals surface area contributed by atoms with E-state index in [1.54, 1.807) is 11.3 Å². The molecule has 2 heterocycles. The Hall–Kier alpha value is -1.99. The van der Waals surface area contributed by atoms with Crippen LogP contribution in [0.4, 0.5) is 0 Å². The number of aromatic nitrogens is 3. The third-order valence-corrected chi connectivity index (χ3v) is 5.96. The standard InChI is InChI=1S/C19H21N3O2S2/c1-10-6-12(3)16(7-11(10)2)18(23)13(4)26-19-22-21-17(24-19)8-15-9-25-14(5)20-15/h6-7,9,13H,8H2,1-5H3. The van der Waals surface area contributed by atoms with Crippen molar-refractivity contribution in [3.8, 4) is 0 Å². The molecular formula is C19H21N3O2S2. The second-order valence-electron chi connectivity index (χ2n) is 6.37. The molecule has 5 nitrogen and oxygen atoms in total. The first-order valence-corrected chi connectivity index (χ1v) is 10.1. The second kappa shape index (κ2) is 7.72. The van der Waals surface area contributed by atoms with Gasteiger partial charge in [-0.25, -0.2) is 4.98 Å². The molecule has 2 aromatic heterocycles. The van der Waals surface area contributed by atoms with Gasteiger partial charge in [-0.05, 0) is 57.4 Å². The van der Waals surface area contributed by atoms with Crippen molar-refractivity contribution >= 4 is 28.9 Å². The molecule has 0 aliphatic rings. The Morgan fingerprint density at radius 2 is 1.88 bits per heavy atom. The summed E-state index contributed by atoms with van der Waals surface area (Å²) in [7, 11) is 0. The Morgan fingerprint density at radius 1 is 1.15 bits per heavy atom. The number of benzene rings is 1. The molecule has 0 radical (unpaired) electrons. The van der Waals surface area contributed by atoms with E-state index in [0.717, 1.165) is 27.4 Å². The zero-order valence-corrected chi connectivity index (χ0v) is 17.1. The molecule has 136 valence electrons. The van der Waals surface area contributed by atoms with E-state index >= 15 is 0 Å². The van der Waals surface area contributed by atoms with E-state index in [1.165, 1.54) is 17.3 Å². The summed E-state index contributed by atoms with van der Waals surface area (Å²) in [4.78, 5) is 17.2. The molecule has 0 aliphatic heterocycles. The van der Waals surface area contributed by atoms with E-state index in [4.69, 9.17) is 4.42 Å². The fraction of sp³-hybridized carbons (Fsp3) is 0.368. The van der Waals surface area contributed by atoms with E-state index in [0.29, 0.717) is 17.5 Å². The molecule has 7 heteroatoms. The minimum absolute atomic E-state index is 0.0745. The van der Waals surface area contributed by atoms with Gasteiger partial charge in [-0.1, -0.05) is 17.8 Å². The van der Waals surface area contributed by atoms with E-state index in [2.05, 4.69) is 28.2 Å². The van der Waals surface area contributed by atoms with Gasteiger partial charge in [-0.15, -0.1) is 21.5 Å². The molecule has 0 amide bonds. The maximum Gasteiger partial charge on any atom is 0.277 e. The van der Waals surface area contributed by atoms with Crippen molar-refractivity contribution in [2.75, 3.05) is 0 Å². The van der Waals surface area contributed by atoms with Gasteiger partial charge >= 0.3 is 0 Å². The van der Waals surface area contributed by atoms with Gasteiger partial charge in [0.25, 0.3) is 5.22 Å². The number of nitrogens with zero attached hydrogens (tertiary/aromatic N) is 3. The summed E-state index contributed by atoms with van der Waals surface area (Å²) in [5.41, 5.74) is 4.98. The molecular weight excluding hydrogens is 366 g/mol. The number of thiazole rings is 1. The third kappa shape index (κ3) is 4.22. The van der Waals surface area contributed by atoms with Gasteiger partial charge < -0.3 is 4.42 Å². The molecule has 1 atom stereocenters. The van der Waals surface area contributed by atoms with Crippen LogP contribution in [0.2, 0.25) is 0 Å². The van der Waals surface area contributed by atoms with E-state index in [1.807, 2.05) is 39.1 Å². The van der Waals surface area contributed by atoms with Crippen LogP contribution in [0.1, 0.15) is 50.6 Å². The van der Waals surface area contributed by atoms with Gasteiger partial charge in [-0.2, -0.15) is 0 Å². The second-order valence-corrected chi connectivity index (χ2v) is 8.73. The van der Waals surface area contributed by atoms with Crippen LogP contribution in [0.15, 0.2) is 27.2 Å². The Bertz CT molecular complexity index is 946. The number of carbonyl (C=O) groups excluding carboxylic acids is 1. The first-order valence-electron chi connectivity index (χ1n) is 8.35. The molecule has 1 unspecified atom stereocenters. The molecule has 0 spiro atoms. The van der Waals surface area contributed by atoms with Gasteiger partial charge in [0.1, 0.15) is 0 Å². The largest absolute Gasteiger partial charge is 0.416 e. The highest BCUT2D eigenvalue weighted by Crippen LogP contribution is 2.27. The summed E-state index contributed by atoms with van der Waals surface area (Å²) < 4.78 is 5.68. The van der Waals surface area contributed by atoms with Crippen LogP contribution in [0, 0.1) is 27.7 Å². The lowest BCUT2D eigenvalue weighted by Gasteiger charge is -2.12. The Labute approximate surface area is 161 Å². The van der Waals surface area contributed by atoms with Crippen molar-refractivity contribution in [3.63, 3.8) is 0 Å². The molecule has 3 rings (SSSR count). The predicted molar refractivity (Wildman–Crippen MR) is 104 cm³/mol. The number of thioether (sulfide) groups is 1. The minimum atomic E-state index is -0.300. The molecule has 1 aromatic carbocycles. The lowest BCUT2D eigenvalue weighted by molar-refractivity contribution is 0.0993. The summed E-state index contributed by atoms with van der Waals surface area (Å²) in [6.07, 6.45) is 0.510. The maximum atomic E-state index is 12.8. The summed E-state index contributed by atoms with van der Waals surface area (Å²) in [5.74, 6) is 0.588. The first-order chi connectivity index (χ1) is 12.3. The van der Waals surface area contributed by atoms with Crippen molar-refractivity contribution < 1.29 is 9.21 Å². The van der Waals surface area contributed by atoms with E-state index < -0.39 is 0 Å². The Morgan fingerprint density at radius 3 is 2.58 bits per heavy atom. The van der Waals surface area contributed by atoms with Gasteiger partial charge in [0, 0.05) is 10.9 Å². The van der Waals surface area contributed by atoms with E-state index in [9.17, 15) is 4.79 Å². The number of Topliss-reactive ketones (excluding diaryl/α,β-unsaturated/α-hetero) is 1. The summed E-state index contributed by atoms with van der Waals surface area (Å²) in [6.45, 7) is 9.88. The van der Waals surface area contributed by atoms with Gasteiger partial charge in [-0.3, -0.25) is 4.79 Å². The number of rotatable bonds is 6. The zero-order chi connectivity index (χ0) is 18.8. The van der Waals surface area contributed by atoms with Crippen LogP contribution in [0.25, 0.3) is 0 Å². The normalized spacial score (nSPS) is 12.3. The highest BCUT2D eigenvalue weighted by Gasteiger charge is 2.22. The molecule has 3 aromatic rings. The predicted octanol–water partition coefficient (Wildman–Crippen LogP) is 4.71. The van der Waals surface area contributed by atoms with Crippen LogP contribution >= 0.6 is 23.1 Å². The minimum Gasteiger partial charge on any atom is -0.416 e. The molecule has 0 bridgehead atoms. The first kappa shape index (κ1) is 18.8. The average Bonchev–Trinajstić information content (AvgIpc) is 3.19. The van der Waals surface area contributed by atoms with Gasteiger partial charge in [0.2, 0.25) is 5.89 Å². The monoisotopic (exact) mass is 387 g/mol. The zero-order valence-electron chi connectivity index (χ0n) is 15.5. The lowest BCUT2D eigenvalue weighted by Crippen LogP contribution is -2.15. The number of carbonyl (C=O) groups is 1. The molecule has 0 N–H and O–H groups in total. The smallest absolute Gasteiger partial charge is 0.277 e. The number of aryl methyl sites for hydroxylation is 4. The topological polar surface area (TPSA) is 68.9 Å². The summed E-state index contributed by atoms with van der Waals surface area (Å²) >= 11 is 2.89. The van der Waals surface area contributed by atoms with Crippen molar-refractivity contribution in [2.45, 2.75) is 51.5 Å². The molecule has 0 aliphatic carbocycles. The van der Waals surface area contributed by atoms with Gasteiger partial charge in [0.15, 0.2) is 5.78 Å². The molecule has 0 fully saturated rings. The van der Waals surface area contributed by atoms with Crippen LogP contribution in [-0.2, 0) is 6.42 Å². The number of hydrogen-bond acceptors (Lipinski definition) is 7. The SMILES string of the molecule is Cc1nc(Cc2nnc(SC(C)C(=O)c3cc(C)c(C)cc3C)o2)cs1. The van der Waals surface area contributed by atoms with Crippen molar-refractivity contribution in [3.05, 3.63) is 56.4 Å². The highest BCUT2D eigenvalue weighted by molar-refractivity contribution is 8.00. The third-order valence-electron chi connectivity index (χ3n) is 4.20. The number of hydrogen-bond donors (Lipinski definition) is 0. The van der Waals surface area contributed by atoms with E-state index in [-0.39, 0.29) is 11.0 Å². The molecule has 0 saturated carbocycles. The number of ketones is 1. The van der Waals surface area contributed by atoms with Crippen LogP contribution in [-0.4, -0.2) is 26.2 Å². The highest BCUT2D eigenvalue weighted by atomic mass is 32.2. The Balaban J connectivity index is 1.69. The fourth-order valence-corrected chi connectivity index (χ4v) is 4.03. The van der Waals surface area contributed by atoms with Crippen molar-refractivity contribution in [2.24, 2.45) is 0 Å². The van der Waals surface area contributed by atoms with Crippen LogP contribution in [0.5, 0.6) is 0 Å². The Kier molecular flexibility index (Phi) is 5.58.